The van der Waals surface area contributed by atoms with Crippen molar-refractivity contribution in [2.24, 2.45) is 11.8 Å². The topological polar surface area (TPSA) is 50.2 Å². The molecule has 0 saturated heterocycles. The van der Waals surface area contributed by atoms with Crippen molar-refractivity contribution in [3.8, 4) is 11.3 Å². The van der Waals surface area contributed by atoms with E-state index in [1.807, 2.05) is 33.9 Å². The Morgan fingerprint density at radius 2 is 1.54 bits per heavy atom. The number of hydrogen-bond acceptors (Lipinski definition) is 3. The van der Waals surface area contributed by atoms with Crippen molar-refractivity contribution >= 4 is 24.6 Å². The molecule has 3 rings (SSSR count). The number of hydrogen-bond donors (Lipinski definition) is 1. The summed E-state index contributed by atoms with van der Waals surface area (Å²) in [5.41, 5.74) is 4.96. The van der Waals surface area contributed by atoms with Crippen LogP contribution >= 0.6 is 0 Å². The number of rotatable bonds is 10. The maximum atomic E-state index is 11.7. The molecule has 3 nitrogen and oxygen atoms in total. The third kappa shape index (κ3) is 11.3. The smallest absolute Gasteiger partial charge is 0.162 e. The van der Waals surface area contributed by atoms with Gasteiger partial charge in [0.25, 0.3) is 0 Å². The fourth-order valence-corrected chi connectivity index (χ4v) is 6.56. The van der Waals surface area contributed by atoms with Gasteiger partial charge in [0.15, 0.2) is 5.78 Å². The zero-order valence-electron chi connectivity index (χ0n) is 27.0. The minimum Gasteiger partial charge on any atom is -0.512 e. The zero-order valence-corrected chi connectivity index (χ0v) is 30.4. The molecule has 1 N–H and O–H groups in total. The average Bonchev–Trinajstić information content (AvgIpc) is 2.88. The van der Waals surface area contributed by atoms with E-state index in [4.69, 9.17) is 0 Å². The molecule has 1 aromatic heterocycles. The molecular weight excluding hydrogens is 699 g/mol. The molecule has 0 fully saturated rings. The SMILES string of the molecule is CC(C)(C)c1cc(-c2cc(C[Si](C)(C)C)ccn2)[c-]c2ccccc12.CCC(CC)C(=O)/C=C(\O)C(CC)CC.[Ir]. The predicted octanol–water partition coefficient (Wildman–Crippen LogP) is 10.3. The Morgan fingerprint density at radius 3 is 2.07 bits per heavy atom. The molecule has 41 heavy (non-hydrogen) atoms. The average molecular weight is 751 g/mol. The van der Waals surface area contributed by atoms with Gasteiger partial charge in [-0.3, -0.25) is 9.78 Å². The van der Waals surface area contributed by atoms with Crippen molar-refractivity contribution in [2.75, 3.05) is 0 Å². The first-order chi connectivity index (χ1) is 18.7. The number of carbonyl (C=O) groups excluding carboxylic acids is 1. The summed E-state index contributed by atoms with van der Waals surface area (Å²) in [4.78, 5) is 16.4. The van der Waals surface area contributed by atoms with E-state index < -0.39 is 8.07 Å². The first-order valence-electron chi connectivity index (χ1n) is 15.1. The molecule has 0 aliphatic rings. The summed E-state index contributed by atoms with van der Waals surface area (Å²) in [6.45, 7) is 22.1. The van der Waals surface area contributed by atoms with Crippen molar-refractivity contribution in [1.29, 1.82) is 0 Å². The van der Waals surface area contributed by atoms with E-state index in [1.54, 1.807) is 0 Å². The van der Waals surface area contributed by atoms with Gasteiger partial charge in [-0.1, -0.05) is 109 Å². The van der Waals surface area contributed by atoms with Crippen LogP contribution < -0.4 is 0 Å². The van der Waals surface area contributed by atoms with E-state index in [-0.39, 0.29) is 48.9 Å². The maximum Gasteiger partial charge on any atom is 0.162 e. The second-order valence-electron chi connectivity index (χ2n) is 13.2. The summed E-state index contributed by atoms with van der Waals surface area (Å²) in [6, 6.07) is 20.0. The normalized spacial score (nSPS) is 12.2. The number of aromatic nitrogens is 1. The molecule has 0 spiro atoms. The van der Waals surface area contributed by atoms with E-state index in [0.29, 0.717) is 0 Å². The fourth-order valence-electron chi connectivity index (χ4n) is 5.11. The van der Waals surface area contributed by atoms with Gasteiger partial charge in [0.05, 0.1) is 5.76 Å². The molecule has 0 aliphatic carbocycles. The van der Waals surface area contributed by atoms with Crippen LogP contribution in [0.1, 0.15) is 85.3 Å². The standard InChI is InChI=1S/C23H28NSi.C13H24O2.Ir/c1-23(2,3)21-15-19(14-18-9-7-8-10-20(18)21)22-13-17(11-12-24-22)16-25(4,5)6;1-5-10(6-2)12(14)9-13(15)11(7-3)8-4;/h7-13,15H,16H2,1-6H3;9-11,14H,5-8H2,1-4H3;/q-1;;/b;12-9-;. The summed E-state index contributed by atoms with van der Waals surface area (Å²) in [5.74, 6) is 0.547. The number of aliphatic hydroxyl groups is 1. The molecule has 5 heteroatoms. The molecule has 0 unspecified atom stereocenters. The Hall–Kier alpha value is -2.07. The molecule has 2 aromatic carbocycles. The molecule has 1 radical (unpaired) electrons. The Balaban J connectivity index is 0.000000456. The van der Waals surface area contributed by atoms with Gasteiger partial charge in [-0.25, -0.2) is 0 Å². The largest absolute Gasteiger partial charge is 0.512 e. The van der Waals surface area contributed by atoms with E-state index in [0.717, 1.165) is 36.9 Å². The number of carbonyl (C=O) groups is 1. The first-order valence-corrected chi connectivity index (χ1v) is 18.8. The molecule has 0 aliphatic heterocycles. The Labute approximate surface area is 264 Å². The summed E-state index contributed by atoms with van der Waals surface area (Å²) >= 11 is 0. The number of ketones is 1. The van der Waals surface area contributed by atoms with Gasteiger partial charge in [-0.15, -0.1) is 29.1 Å². The van der Waals surface area contributed by atoms with E-state index >= 15 is 0 Å². The van der Waals surface area contributed by atoms with Gasteiger partial charge in [0, 0.05) is 58.0 Å². The van der Waals surface area contributed by atoms with Gasteiger partial charge >= 0.3 is 0 Å². The number of aliphatic hydroxyl groups excluding tert-OH is 1. The van der Waals surface area contributed by atoms with E-state index in [2.05, 4.69) is 93.9 Å². The molecule has 0 atom stereocenters. The zero-order chi connectivity index (χ0) is 30.1. The van der Waals surface area contributed by atoms with Crippen molar-refractivity contribution < 1.29 is 30.0 Å². The maximum absolute atomic E-state index is 11.7. The van der Waals surface area contributed by atoms with E-state index in [9.17, 15) is 9.90 Å². The third-order valence-electron chi connectivity index (χ3n) is 7.50. The molecule has 227 valence electrons. The van der Waals surface area contributed by atoms with Crippen molar-refractivity contribution in [1.82, 2.24) is 4.98 Å². The van der Waals surface area contributed by atoms with Crippen LogP contribution in [-0.4, -0.2) is 23.9 Å². The van der Waals surface area contributed by atoms with Crippen LogP contribution in [0.2, 0.25) is 19.6 Å². The number of nitrogens with zero attached hydrogens (tertiary/aromatic N) is 1. The fraction of sp³-hybridized carbons (Fsp3) is 0.500. The molecule has 3 aromatic rings. The van der Waals surface area contributed by atoms with Crippen molar-refractivity contribution in [3.63, 3.8) is 0 Å². The van der Waals surface area contributed by atoms with Gasteiger partial charge in [0.1, 0.15) is 0 Å². The number of fused-ring (bicyclic) bond motifs is 1. The monoisotopic (exact) mass is 751 g/mol. The van der Waals surface area contributed by atoms with Crippen molar-refractivity contribution in [3.05, 3.63) is 77.7 Å². The Morgan fingerprint density at radius 1 is 0.951 bits per heavy atom. The summed E-state index contributed by atoms with van der Waals surface area (Å²) in [5, 5.41) is 12.2. The number of allylic oxidation sites excluding steroid dienone is 2. The second-order valence-corrected chi connectivity index (χ2v) is 18.7. The van der Waals surface area contributed by atoms with Gasteiger partial charge < -0.3 is 5.11 Å². The van der Waals surface area contributed by atoms with Crippen LogP contribution in [0.5, 0.6) is 0 Å². The number of benzene rings is 2. The van der Waals surface area contributed by atoms with Crippen LogP contribution in [0.4, 0.5) is 0 Å². The van der Waals surface area contributed by atoms with Gasteiger partial charge in [-0.05, 0) is 43.2 Å². The van der Waals surface area contributed by atoms with Gasteiger partial charge in [-0.2, -0.15) is 0 Å². The molecular formula is C36H52IrNO2Si-. The summed E-state index contributed by atoms with van der Waals surface area (Å²) in [7, 11) is -1.14. The quantitative estimate of drug-likeness (QED) is 0.0972. The minimum atomic E-state index is -1.14. The van der Waals surface area contributed by atoms with Crippen LogP contribution in [0.15, 0.2) is 60.5 Å². The van der Waals surface area contributed by atoms with Crippen LogP contribution in [0, 0.1) is 17.9 Å². The molecule has 0 amide bonds. The van der Waals surface area contributed by atoms with E-state index in [1.165, 1.54) is 34.0 Å². The first kappa shape index (κ1) is 37.0. The van der Waals surface area contributed by atoms with Gasteiger partial charge in [0.2, 0.25) is 0 Å². The Kier molecular flexibility index (Phi) is 14.9. The third-order valence-corrected chi connectivity index (χ3v) is 8.97. The second kappa shape index (κ2) is 16.5. The van der Waals surface area contributed by atoms with Crippen molar-refractivity contribution in [2.45, 2.75) is 105 Å². The minimum absolute atomic E-state index is 0. The molecule has 0 saturated carbocycles. The number of pyridine rings is 1. The van der Waals surface area contributed by atoms with Crippen LogP contribution in [0.25, 0.3) is 22.0 Å². The molecule has 1 heterocycles. The van der Waals surface area contributed by atoms with Crippen LogP contribution in [-0.2, 0) is 36.4 Å². The Bertz CT molecular complexity index is 1280. The molecule has 0 bridgehead atoms. The predicted molar refractivity (Wildman–Crippen MR) is 176 cm³/mol. The van der Waals surface area contributed by atoms with Crippen LogP contribution in [0.3, 0.4) is 0 Å². The summed E-state index contributed by atoms with van der Waals surface area (Å²) < 4.78 is 0. The summed E-state index contributed by atoms with van der Waals surface area (Å²) in [6.07, 6.45) is 6.86.